The zero-order valence-electron chi connectivity index (χ0n) is 33.5. The van der Waals surface area contributed by atoms with Crippen LogP contribution >= 0.6 is 22.7 Å². The van der Waals surface area contributed by atoms with E-state index in [2.05, 4.69) is 67.2 Å². The normalized spacial score (nSPS) is 17.4. The van der Waals surface area contributed by atoms with Crippen molar-refractivity contribution in [2.75, 3.05) is 66.2 Å². The molecule has 0 atom stereocenters. The summed E-state index contributed by atoms with van der Waals surface area (Å²) in [7, 11) is -1.70. The minimum absolute atomic E-state index is 0.0877. The minimum Gasteiger partial charge on any atom is -0.373 e. The van der Waals surface area contributed by atoms with Gasteiger partial charge in [0.2, 0.25) is 10.3 Å². The molecule has 18 heteroatoms. The fraction of sp³-hybridized carbons (Fsp3) is 0.302. The molecule has 4 N–H and O–H groups in total. The molecular formula is C43H45N11O4S3. The summed E-state index contributed by atoms with van der Waals surface area (Å²) in [6.07, 6.45) is 3.25. The molecule has 0 aliphatic carbocycles. The van der Waals surface area contributed by atoms with Gasteiger partial charge in [0.15, 0.2) is 0 Å². The lowest BCUT2D eigenvalue weighted by atomic mass is 9.74. The smallest absolute Gasteiger partial charge is 0.323 e. The second kappa shape index (κ2) is 16.5. The summed E-state index contributed by atoms with van der Waals surface area (Å²) in [5, 5.41) is 30.4. The minimum atomic E-state index is -3.86. The van der Waals surface area contributed by atoms with Crippen LogP contribution in [0.5, 0.6) is 0 Å². The molecule has 0 unspecified atom stereocenters. The van der Waals surface area contributed by atoms with Gasteiger partial charge in [-0.3, -0.25) is 14.9 Å². The number of aromatic nitrogens is 4. The van der Waals surface area contributed by atoms with Gasteiger partial charge >= 0.3 is 12.1 Å². The molecule has 2 spiro atoms. The molecule has 6 aromatic rings. The Hall–Kier alpha value is -5.95. The zero-order chi connectivity index (χ0) is 42.2. The molecule has 10 rings (SSSR count). The van der Waals surface area contributed by atoms with Crippen LogP contribution in [0.3, 0.4) is 0 Å². The Balaban J connectivity index is 0.000000157. The van der Waals surface area contributed by atoms with Crippen LogP contribution < -0.4 is 25.0 Å². The molecule has 15 nitrogen and oxygen atoms in total. The predicted molar refractivity (Wildman–Crippen MR) is 240 cm³/mol. The molecule has 2 fully saturated rings. The lowest BCUT2D eigenvalue weighted by molar-refractivity contribution is 0.172. The van der Waals surface area contributed by atoms with Crippen LogP contribution in [0.4, 0.5) is 31.2 Å². The van der Waals surface area contributed by atoms with Crippen molar-refractivity contribution < 1.29 is 18.0 Å². The summed E-state index contributed by atoms with van der Waals surface area (Å²) in [4.78, 5) is 31.6. The van der Waals surface area contributed by atoms with E-state index in [0.717, 1.165) is 59.2 Å². The van der Waals surface area contributed by atoms with Gasteiger partial charge in [0.05, 0.1) is 5.69 Å². The van der Waals surface area contributed by atoms with Crippen molar-refractivity contribution in [2.45, 2.75) is 36.5 Å². The number of likely N-dealkylation sites (tertiary alicyclic amines) is 2. The monoisotopic (exact) mass is 875 g/mol. The topological polar surface area (TPSA) is 183 Å². The van der Waals surface area contributed by atoms with Crippen LogP contribution in [0.25, 0.3) is 21.1 Å². The third-order valence-corrected chi connectivity index (χ3v) is 15.0. The summed E-state index contributed by atoms with van der Waals surface area (Å²) in [6.45, 7) is 3.83. The van der Waals surface area contributed by atoms with Crippen LogP contribution in [0, 0.1) is 0 Å². The highest BCUT2D eigenvalue weighted by Gasteiger charge is 2.48. The number of likely N-dealkylation sites (N-methyl/N-ethyl adjacent to an activating group) is 1. The third-order valence-electron chi connectivity index (χ3n) is 12.3. The first-order chi connectivity index (χ1) is 29.5. The summed E-state index contributed by atoms with van der Waals surface area (Å²) >= 11 is 2.72. The van der Waals surface area contributed by atoms with Crippen molar-refractivity contribution in [1.29, 1.82) is 0 Å². The molecule has 4 aliphatic rings. The highest BCUT2D eigenvalue weighted by Crippen LogP contribution is 2.48. The Morgan fingerprint density at radius 3 is 1.48 bits per heavy atom. The van der Waals surface area contributed by atoms with Gasteiger partial charge in [0.1, 0.15) is 10.0 Å². The molecule has 6 heterocycles. The second-order valence-electron chi connectivity index (χ2n) is 15.9. The first kappa shape index (κ1) is 40.5. The molecule has 4 aliphatic heterocycles. The average Bonchev–Trinajstić information content (AvgIpc) is 4.08. The number of nitrogens with zero attached hydrogens (tertiary/aromatic N) is 8. The van der Waals surface area contributed by atoms with Crippen molar-refractivity contribution in [3.8, 4) is 21.1 Å². The number of rotatable bonds is 5. The lowest BCUT2D eigenvalue weighted by Gasteiger charge is -2.39. The molecule has 61 heavy (non-hydrogen) atoms. The van der Waals surface area contributed by atoms with Gasteiger partial charge in [-0.15, -0.1) is 20.4 Å². The number of carbonyl (C=O) groups excluding carboxylic acids is 2. The van der Waals surface area contributed by atoms with Gasteiger partial charge in [-0.25, -0.2) is 14.7 Å². The van der Waals surface area contributed by atoms with Crippen LogP contribution in [0.1, 0.15) is 36.8 Å². The summed E-state index contributed by atoms with van der Waals surface area (Å²) in [6, 6.07) is 35.4. The van der Waals surface area contributed by atoms with Crippen LogP contribution in [0.15, 0.2) is 109 Å². The molecule has 2 saturated heterocycles. The van der Waals surface area contributed by atoms with E-state index in [0.29, 0.717) is 48.4 Å². The van der Waals surface area contributed by atoms with E-state index in [1.165, 1.54) is 38.2 Å². The number of hydrogen-bond acceptors (Lipinski definition) is 11. The number of piperidine rings is 2. The molecular weight excluding hydrogens is 831 g/mol. The number of nitrogens with one attached hydrogen (secondary N) is 2. The average molecular weight is 876 g/mol. The number of fused-ring (bicyclic) bond motifs is 4. The Labute approximate surface area is 362 Å². The number of urea groups is 2. The molecule has 0 saturated carbocycles. The highest BCUT2D eigenvalue weighted by molar-refractivity contribution is 7.90. The number of amides is 4. The van der Waals surface area contributed by atoms with E-state index < -0.39 is 10.2 Å². The molecule has 4 aromatic carbocycles. The van der Waals surface area contributed by atoms with Crippen LogP contribution in [-0.4, -0.2) is 97.0 Å². The highest BCUT2D eigenvalue weighted by atomic mass is 32.2. The lowest BCUT2D eigenvalue weighted by Crippen LogP contribution is -2.49. The second-order valence-corrected chi connectivity index (χ2v) is 19.3. The Morgan fingerprint density at radius 2 is 1.00 bits per heavy atom. The van der Waals surface area contributed by atoms with Gasteiger partial charge in [-0.2, -0.15) is 8.42 Å². The first-order valence-corrected chi connectivity index (χ1v) is 23.2. The standard InChI is InChI=1S/C22H23N5OS.C21H22N6O3S2/c1-26-15-22(17-9-5-6-10-18(17)26)11-13-27(14-12-22)21(28)23-20-25-24-19(29-20)16-7-3-2-4-8-16;22-32(29,30)27-14-21(16-8-4-5-9-17(16)27)10-12-26(13-11-21)20(28)23-19-25-24-18(31-19)15-6-2-1-3-7-15/h2-10H,11-15H2,1H3,(H,23,25,28);1-9H,10-14H2,(H2,22,29,30)(H,23,25,28). The van der Waals surface area contributed by atoms with E-state index in [9.17, 15) is 18.0 Å². The first-order valence-electron chi connectivity index (χ1n) is 20.1. The summed E-state index contributed by atoms with van der Waals surface area (Å²) in [5.74, 6) is 0. The van der Waals surface area contributed by atoms with E-state index >= 15 is 0 Å². The van der Waals surface area contributed by atoms with Crippen molar-refractivity contribution in [3.05, 3.63) is 120 Å². The third kappa shape index (κ3) is 8.15. The molecule has 0 radical (unpaired) electrons. The quantitative estimate of drug-likeness (QED) is 0.164. The predicted octanol–water partition coefficient (Wildman–Crippen LogP) is 7.01. The number of para-hydroxylation sites is 2. The number of nitrogens with two attached hydrogens (primary N) is 1. The SMILES string of the molecule is CN1CC2(CCN(C(=O)Nc3nnc(-c4ccccc4)s3)CC2)c2ccccc21.NS(=O)(=O)N1CC2(CCN(C(=O)Nc3nnc(-c4ccccc4)s3)CC2)c2ccccc21. The number of anilines is 4. The van der Waals surface area contributed by atoms with Gasteiger partial charge in [0, 0.05) is 74.0 Å². The van der Waals surface area contributed by atoms with E-state index in [1.54, 1.807) is 11.0 Å². The molecule has 314 valence electrons. The largest absolute Gasteiger partial charge is 0.373 e. The van der Waals surface area contributed by atoms with E-state index in [-0.39, 0.29) is 22.9 Å². The number of hydrogen-bond donors (Lipinski definition) is 3. The Kier molecular flexibility index (Phi) is 10.9. The fourth-order valence-corrected chi connectivity index (χ4v) is 11.4. The van der Waals surface area contributed by atoms with Gasteiger partial charge in [0.25, 0.3) is 10.2 Å². The fourth-order valence-electron chi connectivity index (χ4n) is 9.11. The van der Waals surface area contributed by atoms with E-state index in [4.69, 9.17) is 5.14 Å². The molecule has 4 amide bonds. The van der Waals surface area contributed by atoms with Gasteiger partial charge in [-0.1, -0.05) is 120 Å². The number of benzene rings is 4. The molecule has 0 bridgehead atoms. The molecule has 2 aromatic heterocycles. The van der Waals surface area contributed by atoms with Gasteiger partial charge in [-0.05, 0) is 48.9 Å². The van der Waals surface area contributed by atoms with Crippen LogP contribution in [-0.2, 0) is 21.0 Å². The van der Waals surface area contributed by atoms with Crippen molar-refractivity contribution in [2.24, 2.45) is 5.14 Å². The van der Waals surface area contributed by atoms with Crippen molar-refractivity contribution >= 4 is 66.6 Å². The van der Waals surface area contributed by atoms with Crippen molar-refractivity contribution in [1.82, 2.24) is 30.2 Å². The Bertz CT molecular complexity index is 2640. The number of carbonyl (C=O) groups is 2. The summed E-state index contributed by atoms with van der Waals surface area (Å²) < 4.78 is 25.5. The maximum Gasteiger partial charge on any atom is 0.323 e. The summed E-state index contributed by atoms with van der Waals surface area (Å²) in [5.41, 5.74) is 6.14. The van der Waals surface area contributed by atoms with Gasteiger partial charge < -0.3 is 14.7 Å². The maximum atomic E-state index is 12.8. The Morgan fingerprint density at radius 1 is 0.590 bits per heavy atom. The van der Waals surface area contributed by atoms with Crippen LogP contribution in [0.2, 0.25) is 0 Å². The zero-order valence-corrected chi connectivity index (χ0v) is 35.9. The maximum absolute atomic E-state index is 12.8. The van der Waals surface area contributed by atoms with Crippen molar-refractivity contribution in [3.63, 3.8) is 0 Å². The van der Waals surface area contributed by atoms with E-state index in [1.807, 2.05) is 83.8 Å².